The molecule has 24 heavy (non-hydrogen) atoms. The van der Waals surface area contributed by atoms with Crippen LogP contribution in [-0.2, 0) is 11.8 Å². The van der Waals surface area contributed by atoms with Gasteiger partial charge in [0.1, 0.15) is 0 Å². The molecule has 0 spiro atoms. The topological polar surface area (TPSA) is 26.0 Å². The average Bonchev–Trinajstić information content (AvgIpc) is 2.56. The molecule has 2 aromatic rings. The Morgan fingerprint density at radius 3 is 2.17 bits per heavy atom. The van der Waals surface area contributed by atoms with Gasteiger partial charge in [0, 0.05) is 5.69 Å². The van der Waals surface area contributed by atoms with Gasteiger partial charge in [0.25, 0.3) is 0 Å². The molecule has 0 aliphatic heterocycles. The average molecular weight is 324 g/mol. The summed E-state index contributed by atoms with van der Waals surface area (Å²) in [5, 5.41) is 0. The molecule has 0 amide bonds. The normalized spacial score (nSPS) is 13.2. The van der Waals surface area contributed by atoms with Gasteiger partial charge in [-0.3, -0.25) is 0 Å². The minimum absolute atomic E-state index is 0.210. The van der Waals surface area contributed by atoms with Gasteiger partial charge < -0.3 is 5.73 Å². The first-order valence-electron chi connectivity index (χ1n) is 9.26. The third-order valence-electron chi connectivity index (χ3n) is 5.71. The zero-order chi connectivity index (χ0) is 17.7. The predicted octanol–water partition coefficient (Wildman–Crippen LogP) is 6.33. The Morgan fingerprint density at radius 1 is 0.917 bits per heavy atom. The summed E-state index contributed by atoms with van der Waals surface area (Å²) in [6.45, 7) is 11.8. The van der Waals surface area contributed by atoms with Gasteiger partial charge in [-0.05, 0) is 65.3 Å². The summed E-state index contributed by atoms with van der Waals surface area (Å²) < 4.78 is 0. The van der Waals surface area contributed by atoms with Crippen LogP contribution < -0.4 is 5.73 Å². The van der Waals surface area contributed by atoms with Crippen molar-refractivity contribution in [2.24, 2.45) is 5.92 Å². The van der Waals surface area contributed by atoms with Crippen LogP contribution >= 0.6 is 0 Å². The molecule has 0 bridgehead atoms. The first kappa shape index (κ1) is 18.6. The van der Waals surface area contributed by atoms with Gasteiger partial charge >= 0.3 is 0 Å². The van der Waals surface area contributed by atoms with Crippen LogP contribution in [0.2, 0.25) is 0 Å². The van der Waals surface area contributed by atoms with E-state index in [9.17, 15) is 0 Å². The summed E-state index contributed by atoms with van der Waals surface area (Å²) >= 11 is 0. The summed E-state index contributed by atoms with van der Waals surface area (Å²) in [5.74, 6) is 1.22. The van der Waals surface area contributed by atoms with Crippen LogP contribution in [0.3, 0.4) is 0 Å². The molecule has 2 aromatic carbocycles. The number of aryl methyl sites for hydroxylation is 1. The summed E-state index contributed by atoms with van der Waals surface area (Å²) in [4.78, 5) is 0. The van der Waals surface area contributed by atoms with E-state index >= 15 is 0 Å². The second-order valence-corrected chi connectivity index (χ2v) is 8.00. The summed E-state index contributed by atoms with van der Waals surface area (Å²) in [6.07, 6.45) is 3.55. The SMILES string of the molecule is CC(CCCc1ccc(N)cc1)c1ccccc1C(C)(C)C(C)C. The Bertz CT molecular complexity index is 637. The standard InChI is InChI=1S/C23H33N/c1-17(2)23(4,5)22-12-7-6-11-21(22)18(3)9-8-10-19-13-15-20(24)16-14-19/h6-7,11-18H,8-10,24H2,1-5H3. The fourth-order valence-corrected chi connectivity index (χ4v) is 3.28. The lowest BCUT2D eigenvalue weighted by molar-refractivity contribution is 0.367. The van der Waals surface area contributed by atoms with Gasteiger partial charge in [-0.15, -0.1) is 0 Å². The van der Waals surface area contributed by atoms with Gasteiger partial charge in [-0.1, -0.05) is 71.0 Å². The highest BCUT2D eigenvalue weighted by Gasteiger charge is 2.28. The van der Waals surface area contributed by atoms with Crippen molar-refractivity contribution in [3.05, 3.63) is 65.2 Å². The van der Waals surface area contributed by atoms with E-state index in [0.717, 1.165) is 12.1 Å². The van der Waals surface area contributed by atoms with E-state index in [1.54, 1.807) is 0 Å². The first-order chi connectivity index (χ1) is 11.3. The van der Waals surface area contributed by atoms with Crippen LogP contribution in [0.1, 0.15) is 70.1 Å². The van der Waals surface area contributed by atoms with Crippen molar-refractivity contribution in [3.8, 4) is 0 Å². The molecular formula is C23H33N. The number of hydrogen-bond donors (Lipinski definition) is 1. The molecule has 1 heteroatoms. The maximum atomic E-state index is 5.76. The van der Waals surface area contributed by atoms with Crippen molar-refractivity contribution >= 4 is 5.69 Å². The number of benzene rings is 2. The number of rotatable bonds is 7. The van der Waals surface area contributed by atoms with Crippen molar-refractivity contribution in [2.45, 2.75) is 65.2 Å². The maximum Gasteiger partial charge on any atom is 0.0314 e. The van der Waals surface area contributed by atoms with Crippen LogP contribution in [0.25, 0.3) is 0 Å². The van der Waals surface area contributed by atoms with Crippen molar-refractivity contribution in [1.82, 2.24) is 0 Å². The van der Waals surface area contributed by atoms with E-state index in [2.05, 4.69) is 71.0 Å². The van der Waals surface area contributed by atoms with Gasteiger partial charge in [0.05, 0.1) is 0 Å². The second kappa shape index (κ2) is 7.88. The summed E-state index contributed by atoms with van der Waals surface area (Å²) in [5.41, 5.74) is 11.2. The Balaban J connectivity index is 2.05. The van der Waals surface area contributed by atoms with Crippen LogP contribution in [0, 0.1) is 5.92 Å². The largest absolute Gasteiger partial charge is 0.399 e. The van der Waals surface area contributed by atoms with E-state index in [-0.39, 0.29) is 5.41 Å². The van der Waals surface area contributed by atoms with E-state index in [4.69, 9.17) is 5.73 Å². The Morgan fingerprint density at radius 2 is 1.54 bits per heavy atom. The molecule has 1 nitrogen and oxygen atoms in total. The molecule has 0 saturated heterocycles. The number of hydrogen-bond acceptors (Lipinski definition) is 1. The lowest BCUT2D eigenvalue weighted by Gasteiger charge is -2.33. The minimum Gasteiger partial charge on any atom is -0.399 e. The first-order valence-corrected chi connectivity index (χ1v) is 9.26. The fourth-order valence-electron chi connectivity index (χ4n) is 3.28. The van der Waals surface area contributed by atoms with Gasteiger partial charge in [-0.25, -0.2) is 0 Å². The number of anilines is 1. The molecule has 0 radical (unpaired) electrons. The lowest BCUT2D eigenvalue weighted by Crippen LogP contribution is -2.26. The van der Waals surface area contributed by atoms with Crippen molar-refractivity contribution < 1.29 is 0 Å². The Labute approximate surface area is 148 Å². The smallest absolute Gasteiger partial charge is 0.0314 e. The predicted molar refractivity (Wildman–Crippen MR) is 107 cm³/mol. The third-order valence-corrected chi connectivity index (χ3v) is 5.71. The molecule has 0 heterocycles. The molecule has 0 aliphatic carbocycles. The van der Waals surface area contributed by atoms with Crippen LogP contribution in [0.15, 0.2) is 48.5 Å². The molecule has 0 saturated carbocycles. The zero-order valence-electron chi connectivity index (χ0n) is 16.0. The summed E-state index contributed by atoms with van der Waals surface area (Å²) in [6, 6.07) is 17.3. The van der Waals surface area contributed by atoms with Crippen molar-refractivity contribution in [3.63, 3.8) is 0 Å². The summed E-state index contributed by atoms with van der Waals surface area (Å²) in [7, 11) is 0. The van der Waals surface area contributed by atoms with Gasteiger partial charge in [0.2, 0.25) is 0 Å². The van der Waals surface area contributed by atoms with E-state index in [1.807, 2.05) is 12.1 Å². The molecule has 130 valence electrons. The third kappa shape index (κ3) is 4.41. The number of nitrogens with two attached hydrogens (primary N) is 1. The quantitative estimate of drug-likeness (QED) is 0.592. The highest BCUT2D eigenvalue weighted by atomic mass is 14.5. The van der Waals surface area contributed by atoms with Gasteiger partial charge in [0.15, 0.2) is 0 Å². The molecule has 2 rings (SSSR count). The molecule has 1 atom stereocenters. The van der Waals surface area contributed by atoms with Crippen LogP contribution in [0.4, 0.5) is 5.69 Å². The molecule has 1 unspecified atom stereocenters. The molecule has 2 N–H and O–H groups in total. The van der Waals surface area contributed by atoms with Crippen molar-refractivity contribution in [2.75, 3.05) is 5.73 Å². The van der Waals surface area contributed by atoms with Crippen molar-refractivity contribution in [1.29, 1.82) is 0 Å². The highest BCUT2D eigenvalue weighted by Crippen LogP contribution is 2.37. The molecular weight excluding hydrogens is 290 g/mol. The minimum atomic E-state index is 0.210. The maximum absolute atomic E-state index is 5.76. The lowest BCUT2D eigenvalue weighted by atomic mass is 9.71. The fraction of sp³-hybridized carbons (Fsp3) is 0.478. The second-order valence-electron chi connectivity index (χ2n) is 8.00. The monoisotopic (exact) mass is 323 g/mol. The Kier molecular flexibility index (Phi) is 6.10. The zero-order valence-corrected chi connectivity index (χ0v) is 16.0. The van der Waals surface area contributed by atoms with Crippen LogP contribution in [-0.4, -0.2) is 0 Å². The van der Waals surface area contributed by atoms with E-state index in [1.165, 1.54) is 29.5 Å². The highest BCUT2D eigenvalue weighted by molar-refractivity contribution is 5.39. The van der Waals surface area contributed by atoms with Crippen LogP contribution in [0.5, 0.6) is 0 Å². The van der Waals surface area contributed by atoms with E-state index < -0.39 is 0 Å². The Hall–Kier alpha value is -1.76. The molecule has 0 aliphatic rings. The van der Waals surface area contributed by atoms with E-state index in [0.29, 0.717) is 11.8 Å². The molecule has 0 fully saturated rings. The number of nitrogen functional groups attached to an aromatic ring is 1. The molecule has 0 aromatic heterocycles. The van der Waals surface area contributed by atoms with Gasteiger partial charge in [-0.2, -0.15) is 0 Å².